The summed E-state index contributed by atoms with van der Waals surface area (Å²) >= 11 is 4.64. The zero-order chi connectivity index (χ0) is 20.2. The topological polar surface area (TPSA) is 47.9 Å². The van der Waals surface area contributed by atoms with Crippen molar-refractivity contribution in [2.45, 2.75) is 34.1 Å². The molecule has 0 heterocycles. The van der Waals surface area contributed by atoms with E-state index in [-0.39, 0.29) is 5.97 Å². The molecule has 0 N–H and O–H groups in total. The molecule has 0 amide bonds. The molecule has 5 heteroatoms. The van der Waals surface area contributed by atoms with Crippen LogP contribution in [0.1, 0.15) is 50.0 Å². The lowest BCUT2D eigenvalue weighted by atomic mass is 10.1. The quantitative estimate of drug-likeness (QED) is 0.141. The molecule has 26 heavy (non-hydrogen) atoms. The van der Waals surface area contributed by atoms with Crippen molar-refractivity contribution in [2.24, 2.45) is 5.16 Å². The lowest BCUT2D eigenvalue weighted by molar-refractivity contribution is 0.0526. The molecule has 1 rings (SSSR count). The smallest absolute Gasteiger partial charge is 0.338 e. The van der Waals surface area contributed by atoms with Crippen LogP contribution >= 0.6 is 11.6 Å². The molecule has 0 aromatic heterocycles. The molecule has 0 aliphatic heterocycles. The summed E-state index contributed by atoms with van der Waals surface area (Å²) in [6.07, 6.45) is 11.7. The Balaban J connectivity index is 0. The fourth-order valence-corrected chi connectivity index (χ4v) is 1.41. The zero-order valence-electron chi connectivity index (χ0n) is 16.4. The summed E-state index contributed by atoms with van der Waals surface area (Å²) < 4.78 is 4.94. The third-order valence-corrected chi connectivity index (χ3v) is 2.71. The van der Waals surface area contributed by atoms with Crippen LogP contribution in [0.5, 0.6) is 0 Å². The van der Waals surface area contributed by atoms with Crippen molar-refractivity contribution in [1.82, 2.24) is 0 Å². The molecule has 0 radical (unpaired) electrons. The highest BCUT2D eigenvalue weighted by Crippen LogP contribution is 2.16. The lowest BCUT2D eigenvalue weighted by Gasteiger charge is -2.05. The molecule has 0 aliphatic carbocycles. The van der Waals surface area contributed by atoms with Gasteiger partial charge in [0.25, 0.3) is 0 Å². The van der Waals surface area contributed by atoms with Gasteiger partial charge in [0.15, 0.2) is 5.76 Å². The Bertz CT molecular complexity index is 589. The number of alkyl halides is 1. The molecule has 0 unspecified atom stereocenters. The summed E-state index contributed by atoms with van der Waals surface area (Å²) in [5.74, 6) is 0.00817. The van der Waals surface area contributed by atoms with Gasteiger partial charge in [-0.05, 0) is 45.4 Å². The average molecular weight is 380 g/mol. The summed E-state index contributed by atoms with van der Waals surface area (Å²) in [6, 6.07) is 6.89. The number of nitrogens with zero attached hydrogens (tertiary/aromatic N) is 1. The highest BCUT2D eigenvalue weighted by molar-refractivity contribution is 6.15. The molecule has 0 saturated carbocycles. The van der Waals surface area contributed by atoms with Crippen LogP contribution in [0.3, 0.4) is 0 Å². The minimum absolute atomic E-state index is 0.342. The van der Waals surface area contributed by atoms with E-state index >= 15 is 0 Å². The largest absolute Gasteiger partial charge is 0.462 e. The van der Waals surface area contributed by atoms with E-state index in [0.717, 1.165) is 6.42 Å². The van der Waals surface area contributed by atoms with Gasteiger partial charge in [-0.1, -0.05) is 49.0 Å². The predicted octanol–water partition coefficient (Wildman–Crippen LogP) is 6.24. The van der Waals surface area contributed by atoms with Crippen LogP contribution in [0.2, 0.25) is 0 Å². The van der Waals surface area contributed by atoms with Gasteiger partial charge in [0, 0.05) is 11.9 Å². The molecule has 0 bridgehead atoms. The third kappa shape index (κ3) is 13.0. The van der Waals surface area contributed by atoms with Crippen molar-refractivity contribution in [2.75, 3.05) is 13.0 Å². The highest BCUT2D eigenvalue weighted by Gasteiger charge is 2.08. The standard InChI is InChI=1S/C16H19NO3.C4H8.CH3Cl/c1-4-6-7-11-17-20-13(3)14-9-8-10-15(12-14)16(18)19-5-2;1-3-4-2;1-2/h6-12H,3-5H2,1-2H3;3-4H,1-2H3;1H3/b7-6+,17-11+;4-3-;. The second-order valence-corrected chi connectivity index (χ2v) is 4.57. The molecular weight excluding hydrogens is 350 g/mol. The number of allylic oxidation sites excluding steroid dienone is 4. The van der Waals surface area contributed by atoms with Crippen LogP contribution in [0, 0.1) is 0 Å². The van der Waals surface area contributed by atoms with Crippen molar-refractivity contribution in [1.29, 1.82) is 0 Å². The summed E-state index contributed by atoms with van der Waals surface area (Å²) in [4.78, 5) is 16.8. The van der Waals surface area contributed by atoms with E-state index in [4.69, 9.17) is 9.57 Å². The monoisotopic (exact) mass is 379 g/mol. The Kier molecular flexibility index (Phi) is 18.9. The van der Waals surface area contributed by atoms with Gasteiger partial charge in [0.2, 0.25) is 0 Å². The molecule has 0 fully saturated rings. The average Bonchev–Trinajstić information content (AvgIpc) is 2.69. The first-order chi connectivity index (χ1) is 12.6. The number of benzene rings is 1. The number of halogens is 1. The molecule has 4 nitrogen and oxygen atoms in total. The predicted molar refractivity (Wildman–Crippen MR) is 113 cm³/mol. The van der Waals surface area contributed by atoms with E-state index in [2.05, 4.69) is 23.3 Å². The van der Waals surface area contributed by atoms with Gasteiger partial charge >= 0.3 is 5.97 Å². The normalized spacial score (nSPS) is 10.1. The first-order valence-electron chi connectivity index (χ1n) is 8.37. The second kappa shape index (κ2) is 19.0. The second-order valence-electron chi connectivity index (χ2n) is 4.57. The van der Waals surface area contributed by atoms with Crippen LogP contribution in [0.25, 0.3) is 5.76 Å². The minimum atomic E-state index is -0.364. The fraction of sp³-hybridized carbons (Fsp3) is 0.333. The van der Waals surface area contributed by atoms with Crippen molar-refractivity contribution in [3.05, 3.63) is 66.3 Å². The van der Waals surface area contributed by atoms with Gasteiger partial charge in [0.1, 0.15) is 0 Å². The van der Waals surface area contributed by atoms with Crippen LogP contribution < -0.4 is 0 Å². The van der Waals surface area contributed by atoms with E-state index in [1.54, 1.807) is 43.5 Å². The Morgan fingerprint density at radius 3 is 2.35 bits per heavy atom. The van der Waals surface area contributed by atoms with Gasteiger partial charge in [-0.2, -0.15) is 0 Å². The van der Waals surface area contributed by atoms with Gasteiger partial charge in [-0.25, -0.2) is 4.79 Å². The highest BCUT2D eigenvalue weighted by atomic mass is 35.5. The molecule has 0 spiro atoms. The summed E-state index contributed by atoms with van der Waals surface area (Å²) in [6.45, 7) is 11.9. The van der Waals surface area contributed by atoms with Crippen LogP contribution in [0.4, 0.5) is 0 Å². The summed E-state index contributed by atoms with van der Waals surface area (Å²) in [5, 5.41) is 3.77. The van der Waals surface area contributed by atoms with Crippen LogP contribution in [-0.4, -0.2) is 25.2 Å². The van der Waals surface area contributed by atoms with E-state index < -0.39 is 0 Å². The summed E-state index contributed by atoms with van der Waals surface area (Å²) in [5.41, 5.74) is 1.15. The van der Waals surface area contributed by atoms with Crippen LogP contribution in [0.15, 0.2) is 60.3 Å². The number of esters is 1. The lowest BCUT2D eigenvalue weighted by Crippen LogP contribution is -2.04. The van der Waals surface area contributed by atoms with Crippen LogP contribution in [-0.2, 0) is 9.57 Å². The number of oxime groups is 1. The number of carbonyl (C=O) groups is 1. The number of hydrogen-bond acceptors (Lipinski definition) is 4. The van der Waals surface area contributed by atoms with E-state index in [9.17, 15) is 4.79 Å². The molecule has 0 aliphatic rings. The molecule has 144 valence electrons. The molecule has 1 aromatic rings. The number of ether oxygens (including phenoxy) is 1. The van der Waals surface area contributed by atoms with Crippen molar-refractivity contribution in [3.63, 3.8) is 0 Å². The minimum Gasteiger partial charge on any atom is -0.462 e. The Labute approximate surface area is 162 Å². The maximum Gasteiger partial charge on any atom is 0.338 e. The van der Waals surface area contributed by atoms with Crippen molar-refractivity contribution in [3.8, 4) is 0 Å². The first-order valence-corrected chi connectivity index (χ1v) is 9.13. The fourth-order valence-electron chi connectivity index (χ4n) is 1.41. The summed E-state index contributed by atoms with van der Waals surface area (Å²) in [7, 11) is 0. The number of rotatable bonds is 7. The Morgan fingerprint density at radius 2 is 1.81 bits per heavy atom. The van der Waals surface area contributed by atoms with E-state index in [0.29, 0.717) is 23.5 Å². The molecule has 1 aromatic carbocycles. The van der Waals surface area contributed by atoms with E-state index in [1.165, 1.54) is 6.38 Å². The zero-order valence-corrected chi connectivity index (χ0v) is 17.1. The van der Waals surface area contributed by atoms with Gasteiger partial charge < -0.3 is 9.57 Å². The van der Waals surface area contributed by atoms with Gasteiger partial charge in [-0.3, -0.25) is 0 Å². The molecule has 0 saturated heterocycles. The van der Waals surface area contributed by atoms with Gasteiger partial charge in [-0.15, -0.1) is 11.6 Å². The number of hydrogen-bond donors (Lipinski definition) is 0. The van der Waals surface area contributed by atoms with Crippen molar-refractivity contribution >= 4 is 29.5 Å². The Morgan fingerprint density at radius 1 is 1.19 bits per heavy atom. The molecular formula is C21H30ClNO3. The first kappa shape index (κ1) is 25.9. The third-order valence-electron chi connectivity index (χ3n) is 2.71. The van der Waals surface area contributed by atoms with Gasteiger partial charge in [0.05, 0.1) is 18.4 Å². The van der Waals surface area contributed by atoms with E-state index in [1.807, 2.05) is 39.0 Å². The Hall–Kier alpha value is -2.33. The molecule has 0 atom stereocenters. The van der Waals surface area contributed by atoms with Crippen molar-refractivity contribution < 1.29 is 14.4 Å². The maximum atomic E-state index is 11.6. The SMILES string of the molecule is C/C=C\C.C=C(O/N=C/C=C/CC)c1cccc(C(=O)OCC)c1.CCl. The maximum absolute atomic E-state index is 11.6. The number of carbonyl (C=O) groups excluding carboxylic acids is 1.